The van der Waals surface area contributed by atoms with E-state index in [1.54, 1.807) is 6.20 Å². The Morgan fingerprint density at radius 3 is 2.52 bits per heavy atom. The molecular formula is C17H20N4O2. The molecule has 120 valence electrons. The molecule has 2 heterocycles. The number of rotatable bonds is 5. The Kier molecular flexibility index (Phi) is 4.71. The molecule has 0 unspecified atom stereocenters. The third-order valence-electron chi connectivity index (χ3n) is 3.70. The molecule has 0 spiro atoms. The zero-order valence-corrected chi connectivity index (χ0v) is 13.2. The predicted octanol–water partition coefficient (Wildman–Crippen LogP) is 2.85. The summed E-state index contributed by atoms with van der Waals surface area (Å²) in [6.45, 7) is 4.22. The summed E-state index contributed by atoms with van der Waals surface area (Å²) in [4.78, 5) is 22.5. The minimum Gasteiger partial charge on any atom is -0.494 e. The van der Waals surface area contributed by atoms with Gasteiger partial charge in [0.2, 0.25) is 0 Å². The topological polar surface area (TPSA) is 67.3 Å². The van der Waals surface area contributed by atoms with Crippen molar-refractivity contribution < 1.29 is 9.53 Å². The van der Waals surface area contributed by atoms with Crippen LogP contribution in [0, 0.1) is 0 Å². The van der Waals surface area contributed by atoms with Crippen LogP contribution < -0.4 is 10.1 Å². The number of ether oxygens (including phenoxy) is 1. The van der Waals surface area contributed by atoms with Gasteiger partial charge in [0.15, 0.2) is 0 Å². The first-order valence-corrected chi connectivity index (χ1v) is 7.87. The molecule has 6 heteroatoms. The summed E-state index contributed by atoms with van der Waals surface area (Å²) in [5, 5.41) is 3.15. The van der Waals surface area contributed by atoms with Crippen molar-refractivity contribution in [2.45, 2.75) is 19.8 Å². The molecule has 1 amide bonds. The maximum Gasteiger partial charge on any atom is 0.274 e. The van der Waals surface area contributed by atoms with Crippen LogP contribution in [0.1, 0.15) is 30.3 Å². The zero-order valence-electron chi connectivity index (χ0n) is 13.2. The summed E-state index contributed by atoms with van der Waals surface area (Å²) >= 11 is 0. The second kappa shape index (κ2) is 7.09. The summed E-state index contributed by atoms with van der Waals surface area (Å²) in [6, 6.07) is 7.61. The number of likely N-dealkylation sites (tertiary alicyclic amines) is 1. The lowest BCUT2D eigenvalue weighted by Gasteiger charge is -2.14. The summed E-state index contributed by atoms with van der Waals surface area (Å²) in [6.07, 6.45) is 5.24. The highest BCUT2D eigenvalue weighted by Crippen LogP contribution is 2.19. The molecule has 1 saturated heterocycles. The molecule has 0 saturated carbocycles. The van der Waals surface area contributed by atoms with E-state index >= 15 is 0 Å². The molecular weight excluding hydrogens is 292 g/mol. The second-order valence-electron chi connectivity index (χ2n) is 5.37. The quantitative estimate of drug-likeness (QED) is 0.919. The van der Waals surface area contributed by atoms with Crippen molar-refractivity contribution in [3.8, 4) is 5.75 Å². The van der Waals surface area contributed by atoms with Gasteiger partial charge in [0, 0.05) is 18.8 Å². The highest BCUT2D eigenvalue weighted by Gasteiger charge is 2.20. The maximum absolute atomic E-state index is 12.2. The van der Waals surface area contributed by atoms with Crippen LogP contribution >= 0.6 is 0 Å². The Bertz CT molecular complexity index is 649. The van der Waals surface area contributed by atoms with Crippen LogP contribution in [-0.2, 0) is 0 Å². The molecule has 2 aromatic rings. The number of amides is 1. The van der Waals surface area contributed by atoms with E-state index in [2.05, 4.69) is 15.3 Å². The minimum absolute atomic E-state index is 0.0392. The Labute approximate surface area is 135 Å². The van der Waals surface area contributed by atoms with Crippen LogP contribution in [0.4, 0.5) is 11.5 Å². The Morgan fingerprint density at radius 1 is 1.17 bits per heavy atom. The van der Waals surface area contributed by atoms with Crippen molar-refractivity contribution in [3.63, 3.8) is 0 Å². The monoisotopic (exact) mass is 312 g/mol. The first-order chi connectivity index (χ1) is 11.3. The molecule has 3 rings (SSSR count). The molecule has 1 aliphatic rings. The standard InChI is InChI=1S/C17H20N4O2/c1-2-23-14-7-5-13(6-8-14)20-16-12-18-15(11-19-16)17(22)21-9-3-4-10-21/h5-8,11-12H,2-4,9-10H2,1H3,(H,19,20). The van der Waals surface area contributed by atoms with E-state index in [-0.39, 0.29) is 5.91 Å². The molecule has 1 N–H and O–H groups in total. The van der Waals surface area contributed by atoms with E-state index < -0.39 is 0 Å². The van der Waals surface area contributed by atoms with Gasteiger partial charge in [0.05, 0.1) is 19.0 Å². The van der Waals surface area contributed by atoms with Gasteiger partial charge in [-0.25, -0.2) is 9.97 Å². The zero-order chi connectivity index (χ0) is 16.1. The molecule has 1 aliphatic heterocycles. The van der Waals surface area contributed by atoms with Gasteiger partial charge in [-0.2, -0.15) is 0 Å². The fourth-order valence-electron chi connectivity index (χ4n) is 2.53. The first-order valence-electron chi connectivity index (χ1n) is 7.87. The first kappa shape index (κ1) is 15.3. The molecule has 0 atom stereocenters. The molecule has 1 aromatic heterocycles. The number of hydrogen-bond donors (Lipinski definition) is 1. The number of carbonyl (C=O) groups is 1. The van der Waals surface area contributed by atoms with Gasteiger partial charge in [-0.1, -0.05) is 0 Å². The average Bonchev–Trinajstić information content (AvgIpc) is 3.11. The van der Waals surface area contributed by atoms with Gasteiger partial charge in [-0.3, -0.25) is 4.79 Å². The Hall–Kier alpha value is -2.63. The molecule has 0 bridgehead atoms. The van der Waals surface area contributed by atoms with Gasteiger partial charge in [-0.05, 0) is 44.0 Å². The number of aromatic nitrogens is 2. The third kappa shape index (κ3) is 3.77. The van der Waals surface area contributed by atoms with Crippen molar-refractivity contribution in [1.82, 2.24) is 14.9 Å². The van der Waals surface area contributed by atoms with Gasteiger partial charge >= 0.3 is 0 Å². The number of carbonyl (C=O) groups excluding carboxylic acids is 1. The summed E-state index contributed by atoms with van der Waals surface area (Å²) in [5.41, 5.74) is 1.28. The van der Waals surface area contributed by atoms with E-state index in [0.717, 1.165) is 37.4 Å². The Morgan fingerprint density at radius 2 is 1.91 bits per heavy atom. The van der Waals surface area contributed by atoms with E-state index in [4.69, 9.17) is 4.74 Å². The molecule has 1 aromatic carbocycles. The van der Waals surface area contributed by atoms with E-state index in [9.17, 15) is 4.79 Å². The molecule has 0 radical (unpaired) electrons. The highest BCUT2D eigenvalue weighted by molar-refractivity contribution is 5.92. The lowest BCUT2D eigenvalue weighted by Crippen LogP contribution is -2.28. The van der Waals surface area contributed by atoms with Crippen molar-refractivity contribution in [2.75, 3.05) is 25.0 Å². The van der Waals surface area contributed by atoms with Crippen LogP contribution in [0.5, 0.6) is 5.75 Å². The fraction of sp³-hybridized carbons (Fsp3) is 0.353. The predicted molar refractivity (Wildman–Crippen MR) is 88.1 cm³/mol. The highest BCUT2D eigenvalue weighted by atomic mass is 16.5. The number of anilines is 2. The number of hydrogen-bond acceptors (Lipinski definition) is 5. The van der Waals surface area contributed by atoms with Gasteiger partial charge < -0.3 is 15.0 Å². The van der Waals surface area contributed by atoms with Gasteiger partial charge in [0.1, 0.15) is 17.3 Å². The Balaban J connectivity index is 1.63. The fourth-order valence-corrected chi connectivity index (χ4v) is 2.53. The summed E-state index contributed by atoms with van der Waals surface area (Å²) in [7, 11) is 0. The molecule has 0 aliphatic carbocycles. The van der Waals surface area contributed by atoms with Crippen LogP contribution in [0.25, 0.3) is 0 Å². The van der Waals surface area contributed by atoms with Crippen molar-refractivity contribution in [1.29, 1.82) is 0 Å². The van der Waals surface area contributed by atoms with Crippen LogP contribution in [0.2, 0.25) is 0 Å². The van der Waals surface area contributed by atoms with Gasteiger partial charge in [-0.15, -0.1) is 0 Å². The van der Waals surface area contributed by atoms with Crippen molar-refractivity contribution in [2.24, 2.45) is 0 Å². The third-order valence-corrected chi connectivity index (χ3v) is 3.70. The summed E-state index contributed by atoms with van der Waals surface area (Å²) in [5.74, 6) is 1.39. The van der Waals surface area contributed by atoms with E-state index in [1.807, 2.05) is 36.1 Å². The van der Waals surface area contributed by atoms with Crippen LogP contribution in [-0.4, -0.2) is 40.5 Å². The lowest BCUT2D eigenvalue weighted by molar-refractivity contribution is 0.0786. The lowest BCUT2D eigenvalue weighted by atomic mass is 10.3. The average molecular weight is 312 g/mol. The smallest absolute Gasteiger partial charge is 0.274 e. The summed E-state index contributed by atoms with van der Waals surface area (Å²) < 4.78 is 5.40. The minimum atomic E-state index is -0.0392. The number of benzene rings is 1. The number of nitrogens with one attached hydrogen (secondary N) is 1. The van der Waals surface area contributed by atoms with E-state index in [1.165, 1.54) is 6.20 Å². The largest absolute Gasteiger partial charge is 0.494 e. The molecule has 23 heavy (non-hydrogen) atoms. The number of nitrogens with zero attached hydrogens (tertiary/aromatic N) is 3. The molecule has 6 nitrogen and oxygen atoms in total. The normalized spacial score (nSPS) is 13.9. The second-order valence-corrected chi connectivity index (χ2v) is 5.37. The van der Waals surface area contributed by atoms with Crippen LogP contribution in [0.3, 0.4) is 0 Å². The van der Waals surface area contributed by atoms with Crippen molar-refractivity contribution in [3.05, 3.63) is 42.4 Å². The van der Waals surface area contributed by atoms with E-state index in [0.29, 0.717) is 18.1 Å². The van der Waals surface area contributed by atoms with Crippen LogP contribution in [0.15, 0.2) is 36.7 Å². The maximum atomic E-state index is 12.2. The molecule has 1 fully saturated rings. The van der Waals surface area contributed by atoms with Gasteiger partial charge in [0.25, 0.3) is 5.91 Å². The SMILES string of the molecule is CCOc1ccc(Nc2cnc(C(=O)N3CCCC3)cn2)cc1. The van der Waals surface area contributed by atoms with Crippen molar-refractivity contribution >= 4 is 17.4 Å².